The number of carbonyl (C=O) groups excluding carboxylic acids is 1. The molecule has 3 heteroatoms. The Labute approximate surface area is 122 Å². The predicted octanol–water partition coefficient (Wildman–Crippen LogP) is 3.74. The SMILES string of the molecule is CNC(=O)c1cccc(NC2CCCC(C)CC2)c1C. The van der Waals surface area contributed by atoms with E-state index in [9.17, 15) is 4.79 Å². The molecular formula is C17H26N2O. The number of amides is 1. The van der Waals surface area contributed by atoms with Crippen molar-refractivity contribution in [3.63, 3.8) is 0 Å². The second-order valence-electron chi connectivity index (χ2n) is 6.01. The molecule has 1 aromatic rings. The number of rotatable bonds is 3. The van der Waals surface area contributed by atoms with Gasteiger partial charge in [-0.1, -0.05) is 25.8 Å². The monoisotopic (exact) mass is 274 g/mol. The van der Waals surface area contributed by atoms with Crippen molar-refractivity contribution in [2.24, 2.45) is 5.92 Å². The van der Waals surface area contributed by atoms with Crippen LogP contribution in [0.25, 0.3) is 0 Å². The van der Waals surface area contributed by atoms with Crippen molar-refractivity contribution in [2.45, 2.75) is 52.0 Å². The molecule has 1 fully saturated rings. The maximum absolute atomic E-state index is 11.8. The predicted molar refractivity (Wildman–Crippen MR) is 84.2 cm³/mol. The van der Waals surface area contributed by atoms with E-state index >= 15 is 0 Å². The summed E-state index contributed by atoms with van der Waals surface area (Å²) in [5.74, 6) is 0.834. The van der Waals surface area contributed by atoms with Gasteiger partial charge in [0.15, 0.2) is 0 Å². The molecule has 1 saturated carbocycles. The number of hydrogen-bond acceptors (Lipinski definition) is 2. The molecule has 0 spiro atoms. The van der Waals surface area contributed by atoms with Crippen LogP contribution in [0.1, 0.15) is 54.9 Å². The Kier molecular flexibility index (Phi) is 5.05. The summed E-state index contributed by atoms with van der Waals surface area (Å²) < 4.78 is 0. The van der Waals surface area contributed by atoms with E-state index in [2.05, 4.69) is 23.6 Å². The van der Waals surface area contributed by atoms with Crippen molar-refractivity contribution < 1.29 is 4.79 Å². The molecule has 0 heterocycles. The number of nitrogens with one attached hydrogen (secondary N) is 2. The van der Waals surface area contributed by atoms with Crippen LogP contribution in [0, 0.1) is 12.8 Å². The zero-order valence-corrected chi connectivity index (χ0v) is 12.8. The average Bonchev–Trinajstić information content (AvgIpc) is 2.65. The maximum Gasteiger partial charge on any atom is 0.251 e. The Bertz CT molecular complexity index is 470. The van der Waals surface area contributed by atoms with Gasteiger partial charge in [0, 0.05) is 24.3 Å². The molecule has 1 amide bonds. The Morgan fingerprint density at radius 1 is 1.20 bits per heavy atom. The van der Waals surface area contributed by atoms with Gasteiger partial charge in [-0.2, -0.15) is 0 Å². The molecule has 1 aromatic carbocycles. The molecule has 2 N–H and O–H groups in total. The van der Waals surface area contributed by atoms with Crippen LogP contribution in [0.3, 0.4) is 0 Å². The molecule has 20 heavy (non-hydrogen) atoms. The number of benzene rings is 1. The first kappa shape index (κ1) is 14.9. The maximum atomic E-state index is 11.8. The van der Waals surface area contributed by atoms with E-state index in [1.807, 2.05) is 19.1 Å². The zero-order chi connectivity index (χ0) is 14.5. The molecule has 0 saturated heterocycles. The lowest BCUT2D eigenvalue weighted by atomic mass is 10.0. The van der Waals surface area contributed by atoms with Crippen molar-refractivity contribution in [2.75, 3.05) is 12.4 Å². The number of hydrogen-bond donors (Lipinski definition) is 2. The Morgan fingerprint density at radius 2 is 2.00 bits per heavy atom. The molecule has 0 aliphatic heterocycles. The van der Waals surface area contributed by atoms with E-state index < -0.39 is 0 Å². The first-order valence-electron chi connectivity index (χ1n) is 7.70. The fourth-order valence-electron chi connectivity index (χ4n) is 3.02. The third-order valence-electron chi connectivity index (χ3n) is 4.42. The first-order valence-corrected chi connectivity index (χ1v) is 7.70. The summed E-state index contributed by atoms with van der Waals surface area (Å²) in [5, 5.41) is 6.35. The summed E-state index contributed by atoms with van der Waals surface area (Å²) in [6.07, 6.45) is 6.40. The highest BCUT2D eigenvalue weighted by Gasteiger charge is 2.17. The molecule has 1 aliphatic carbocycles. The van der Waals surface area contributed by atoms with Gasteiger partial charge in [-0.15, -0.1) is 0 Å². The van der Waals surface area contributed by atoms with Crippen LogP contribution in [-0.2, 0) is 0 Å². The number of anilines is 1. The van der Waals surface area contributed by atoms with Crippen LogP contribution in [0.4, 0.5) is 5.69 Å². The van der Waals surface area contributed by atoms with Crippen molar-refractivity contribution in [3.05, 3.63) is 29.3 Å². The molecule has 0 radical (unpaired) electrons. The third kappa shape index (κ3) is 3.53. The van der Waals surface area contributed by atoms with Crippen LogP contribution in [0.2, 0.25) is 0 Å². The minimum Gasteiger partial charge on any atom is -0.382 e. The summed E-state index contributed by atoms with van der Waals surface area (Å²) in [5.41, 5.74) is 2.91. The summed E-state index contributed by atoms with van der Waals surface area (Å²) in [4.78, 5) is 11.8. The van der Waals surface area contributed by atoms with E-state index in [-0.39, 0.29) is 5.91 Å². The Balaban J connectivity index is 2.11. The van der Waals surface area contributed by atoms with E-state index in [1.54, 1.807) is 7.05 Å². The fraction of sp³-hybridized carbons (Fsp3) is 0.588. The number of carbonyl (C=O) groups is 1. The van der Waals surface area contributed by atoms with Gasteiger partial charge < -0.3 is 10.6 Å². The minimum absolute atomic E-state index is 0.0133. The lowest BCUT2D eigenvalue weighted by Crippen LogP contribution is -2.22. The van der Waals surface area contributed by atoms with E-state index in [0.717, 1.165) is 22.7 Å². The molecular weight excluding hydrogens is 248 g/mol. The minimum atomic E-state index is -0.0133. The molecule has 3 nitrogen and oxygen atoms in total. The zero-order valence-electron chi connectivity index (χ0n) is 12.8. The van der Waals surface area contributed by atoms with Crippen molar-refractivity contribution in [3.8, 4) is 0 Å². The second kappa shape index (κ2) is 6.78. The Morgan fingerprint density at radius 3 is 2.75 bits per heavy atom. The normalized spacial score (nSPS) is 22.9. The van der Waals surface area contributed by atoms with E-state index in [4.69, 9.17) is 0 Å². The quantitative estimate of drug-likeness (QED) is 0.824. The van der Waals surface area contributed by atoms with Crippen LogP contribution >= 0.6 is 0 Å². The molecule has 110 valence electrons. The highest BCUT2D eigenvalue weighted by Crippen LogP contribution is 2.27. The highest BCUT2D eigenvalue weighted by molar-refractivity contribution is 5.96. The van der Waals surface area contributed by atoms with Gasteiger partial charge in [0.05, 0.1) is 0 Å². The van der Waals surface area contributed by atoms with Gasteiger partial charge in [-0.3, -0.25) is 4.79 Å². The topological polar surface area (TPSA) is 41.1 Å². The summed E-state index contributed by atoms with van der Waals surface area (Å²) >= 11 is 0. The van der Waals surface area contributed by atoms with Gasteiger partial charge in [-0.25, -0.2) is 0 Å². The lowest BCUT2D eigenvalue weighted by molar-refractivity contribution is 0.0962. The van der Waals surface area contributed by atoms with Crippen molar-refractivity contribution in [1.82, 2.24) is 5.32 Å². The Hall–Kier alpha value is -1.51. The van der Waals surface area contributed by atoms with Gasteiger partial charge in [0.25, 0.3) is 5.91 Å². The molecule has 2 unspecified atom stereocenters. The van der Waals surface area contributed by atoms with E-state index in [1.165, 1.54) is 32.1 Å². The summed E-state index contributed by atoms with van der Waals surface area (Å²) in [7, 11) is 1.68. The molecule has 0 aromatic heterocycles. The van der Waals surface area contributed by atoms with Gasteiger partial charge >= 0.3 is 0 Å². The van der Waals surface area contributed by atoms with E-state index in [0.29, 0.717) is 6.04 Å². The first-order chi connectivity index (χ1) is 9.61. The second-order valence-corrected chi connectivity index (χ2v) is 6.01. The van der Waals surface area contributed by atoms with Crippen LogP contribution < -0.4 is 10.6 Å². The summed E-state index contributed by atoms with van der Waals surface area (Å²) in [6, 6.07) is 6.46. The highest BCUT2D eigenvalue weighted by atomic mass is 16.1. The molecule has 2 rings (SSSR count). The van der Waals surface area contributed by atoms with Gasteiger partial charge in [-0.05, 0) is 49.8 Å². The van der Waals surface area contributed by atoms with Gasteiger partial charge in [0.1, 0.15) is 0 Å². The molecule has 1 aliphatic rings. The molecule has 0 bridgehead atoms. The van der Waals surface area contributed by atoms with Crippen molar-refractivity contribution >= 4 is 11.6 Å². The van der Waals surface area contributed by atoms with Crippen LogP contribution in [0.15, 0.2) is 18.2 Å². The smallest absolute Gasteiger partial charge is 0.251 e. The van der Waals surface area contributed by atoms with Crippen molar-refractivity contribution in [1.29, 1.82) is 0 Å². The largest absolute Gasteiger partial charge is 0.382 e. The third-order valence-corrected chi connectivity index (χ3v) is 4.42. The van der Waals surface area contributed by atoms with Crippen LogP contribution in [0.5, 0.6) is 0 Å². The fourth-order valence-corrected chi connectivity index (χ4v) is 3.02. The standard InChI is InChI=1S/C17H26N2O/c1-12-6-4-7-14(11-10-12)19-16-9-5-8-15(13(16)2)17(20)18-3/h5,8-9,12,14,19H,4,6-7,10-11H2,1-3H3,(H,18,20). The molecule has 2 atom stereocenters. The van der Waals surface area contributed by atoms with Gasteiger partial charge in [0.2, 0.25) is 0 Å². The average molecular weight is 274 g/mol. The van der Waals surface area contributed by atoms with Crippen LogP contribution in [-0.4, -0.2) is 19.0 Å². The summed E-state index contributed by atoms with van der Waals surface area (Å²) in [6.45, 7) is 4.37. The lowest BCUT2D eigenvalue weighted by Gasteiger charge is -2.20.